The number of carbonyl (C=O) groups is 1. The number of ketones is 1. The van der Waals surface area contributed by atoms with E-state index in [1.165, 1.54) is 4.88 Å². The van der Waals surface area contributed by atoms with Crippen molar-refractivity contribution in [2.45, 2.75) is 33.1 Å². The van der Waals surface area contributed by atoms with Gasteiger partial charge in [0.25, 0.3) is 0 Å². The Morgan fingerprint density at radius 3 is 2.37 bits per heavy atom. The molecule has 2 N–H and O–H groups in total. The number of rotatable bonds is 2. The summed E-state index contributed by atoms with van der Waals surface area (Å²) in [6, 6.07) is 9.44. The fourth-order valence-corrected chi connectivity index (χ4v) is 2.97. The van der Waals surface area contributed by atoms with E-state index >= 15 is 0 Å². The summed E-state index contributed by atoms with van der Waals surface area (Å²) in [6.07, 6.45) is 0. The second-order valence-corrected chi connectivity index (χ2v) is 6.96. The Labute approximate surface area is 118 Å². The number of aryl methyl sites for hydroxylation is 1. The van der Waals surface area contributed by atoms with Gasteiger partial charge in [0.15, 0.2) is 0 Å². The van der Waals surface area contributed by atoms with Crippen molar-refractivity contribution in [2.75, 3.05) is 5.73 Å². The van der Waals surface area contributed by atoms with Gasteiger partial charge in [0, 0.05) is 16.1 Å². The van der Waals surface area contributed by atoms with Crippen LogP contribution in [-0.4, -0.2) is 5.78 Å². The number of thiophene rings is 1. The summed E-state index contributed by atoms with van der Waals surface area (Å²) in [6.45, 7) is 8.40. The maximum absolute atomic E-state index is 12.4. The first-order valence-electron chi connectivity index (χ1n) is 6.29. The van der Waals surface area contributed by atoms with Gasteiger partial charge in [-0.05, 0) is 48.2 Å². The minimum Gasteiger partial charge on any atom is -0.399 e. The summed E-state index contributed by atoms with van der Waals surface area (Å²) in [5, 5.41) is 0. The Morgan fingerprint density at radius 1 is 1.16 bits per heavy atom. The van der Waals surface area contributed by atoms with Gasteiger partial charge in [0.2, 0.25) is 5.78 Å². The lowest BCUT2D eigenvalue weighted by atomic mass is 9.95. The average molecular weight is 273 g/mol. The number of hydrogen-bond acceptors (Lipinski definition) is 3. The van der Waals surface area contributed by atoms with Crippen LogP contribution in [0.25, 0.3) is 0 Å². The maximum Gasteiger partial charge on any atom is 0.203 e. The Kier molecular flexibility index (Phi) is 3.50. The fourth-order valence-electron chi connectivity index (χ4n) is 1.95. The third-order valence-corrected chi connectivity index (χ3v) is 4.44. The summed E-state index contributed by atoms with van der Waals surface area (Å²) in [5.74, 6) is 0.0518. The van der Waals surface area contributed by atoms with Crippen LogP contribution in [0.4, 0.5) is 5.69 Å². The molecule has 0 aliphatic carbocycles. The van der Waals surface area contributed by atoms with E-state index in [0.29, 0.717) is 11.3 Å². The van der Waals surface area contributed by atoms with Crippen molar-refractivity contribution >= 4 is 22.8 Å². The van der Waals surface area contributed by atoms with Crippen LogP contribution in [0.5, 0.6) is 0 Å². The summed E-state index contributed by atoms with van der Waals surface area (Å²) in [7, 11) is 0. The molecule has 0 atom stereocenters. The quantitative estimate of drug-likeness (QED) is 0.659. The first-order valence-corrected chi connectivity index (χ1v) is 7.11. The van der Waals surface area contributed by atoms with E-state index in [1.54, 1.807) is 17.4 Å². The molecule has 0 radical (unpaired) electrons. The summed E-state index contributed by atoms with van der Waals surface area (Å²) in [5.41, 5.74) is 8.19. The molecular formula is C16H19NOS. The summed E-state index contributed by atoms with van der Waals surface area (Å²) < 4.78 is 0. The van der Waals surface area contributed by atoms with E-state index in [-0.39, 0.29) is 11.2 Å². The highest BCUT2D eigenvalue weighted by Crippen LogP contribution is 2.30. The van der Waals surface area contributed by atoms with Crippen LogP contribution in [-0.2, 0) is 5.41 Å². The van der Waals surface area contributed by atoms with Crippen LogP contribution in [0.1, 0.15) is 46.4 Å². The van der Waals surface area contributed by atoms with Gasteiger partial charge in [-0.3, -0.25) is 4.79 Å². The topological polar surface area (TPSA) is 43.1 Å². The second kappa shape index (κ2) is 4.82. The van der Waals surface area contributed by atoms with Crippen LogP contribution < -0.4 is 5.73 Å². The van der Waals surface area contributed by atoms with E-state index in [9.17, 15) is 4.79 Å². The van der Waals surface area contributed by atoms with Crippen molar-refractivity contribution in [3.8, 4) is 0 Å². The third-order valence-electron chi connectivity index (χ3n) is 2.93. The van der Waals surface area contributed by atoms with Crippen molar-refractivity contribution in [1.29, 1.82) is 0 Å². The molecule has 0 saturated heterocycles. The Balaban J connectivity index is 2.36. The minimum atomic E-state index is 0.0518. The maximum atomic E-state index is 12.4. The average Bonchev–Trinajstić information content (AvgIpc) is 2.75. The normalized spacial score (nSPS) is 11.6. The Bertz CT molecular complexity index is 600. The standard InChI is InChI=1S/C16H19NOS/c1-10-7-11(9-12(17)8-10)15(18)13-5-6-14(19-13)16(2,3)4/h5-9H,17H2,1-4H3. The van der Waals surface area contributed by atoms with Gasteiger partial charge in [-0.25, -0.2) is 0 Å². The highest BCUT2D eigenvalue weighted by atomic mass is 32.1. The van der Waals surface area contributed by atoms with Crippen molar-refractivity contribution in [3.05, 3.63) is 51.2 Å². The van der Waals surface area contributed by atoms with Crippen molar-refractivity contribution in [1.82, 2.24) is 0 Å². The predicted octanol–water partition coefficient (Wildman–Crippen LogP) is 4.17. The largest absolute Gasteiger partial charge is 0.399 e. The first kappa shape index (κ1) is 13.8. The van der Waals surface area contributed by atoms with E-state index in [2.05, 4.69) is 20.8 Å². The van der Waals surface area contributed by atoms with Gasteiger partial charge in [-0.1, -0.05) is 20.8 Å². The molecule has 2 rings (SSSR count). The van der Waals surface area contributed by atoms with Crippen molar-refractivity contribution < 1.29 is 4.79 Å². The van der Waals surface area contributed by atoms with Gasteiger partial charge in [0.05, 0.1) is 4.88 Å². The molecule has 100 valence electrons. The predicted molar refractivity (Wildman–Crippen MR) is 82.0 cm³/mol. The number of nitrogen functional groups attached to an aromatic ring is 1. The van der Waals surface area contributed by atoms with Crippen molar-refractivity contribution in [2.24, 2.45) is 0 Å². The summed E-state index contributed by atoms with van der Waals surface area (Å²) in [4.78, 5) is 14.4. The molecule has 0 aliphatic heterocycles. The number of carbonyl (C=O) groups excluding carboxylic acids is 1. The lowest BCUT2D eigenvalue weighted by molar-refractivity contribution is 0.104. The molecule has 2 nitrogen and oxygen atoms in total. The summed E-state index contributed by atoms with van der Waals surface area (Å²) >= 11 is 1.56. The van der Waals surface area contributed by atoms with Gasteiger partial charge in [-0.15, -0.1) is 11.3 Å². The van der Waals surface area contributed by atoms with Crippen LogP contribution in [0.3, 0.4) is 0 Å². The van der Waals surface area contributed by atoms with Crippen LogP contribution in [0.15, 0.2) is 30.3 Å². The van der Waals surface area contributed by atoms with Gasteiger partial charge in [0.1, 0.15) is 0 Å². The number of hydrogen-bond donors (Lipinski definition) is 1. The first-order chi connectivity index (χ1) is 8.77. The molecule has 3 heteroatoms. The highest BCUT2D eigenvalue weighted by molar-refractivity contribution is 7.14. The molecule has 19 heavy (non-hydrogen) atoms. The number of anilines is 1. The fraction of sp³-hybridized carbons (Fsp3) is 0.312. The van der Waals surface area contributed by atoms with Gasteiger partial charge >= 0.3 is 0 Å². The van der Waals surface area contributed by atoms with Crippen LogP contribution >= 0.6 is 11.3 Å². The lowest BCUT2D eigenvalue weighted by Gasteiger charge is -2.15. The molecule has 0 bridgehead atoms. The second-order valence-electron chi connectivity index (χ2n) is 5.88. The van der Waals surface area contributed by atoms with E-state index in [0.717, 1.165) is 10.4 Å². The van der Waals surface area contributed by atoms with Gasteiger partial charge < -0.3 is 5.73 Å². The highest BCUT2D eigenvalue weighted by Gasteiger charge is 2.19. The van der Waals surface area contributed by atoms with Crippen LogP contribution in [0, 0.1) is 6.92 Å². The number of benzene rings is 1. The molecule has 1 aromatic heterocycles. The zero-order valence-corrected chi connectivity index (χ0v) is 12.6. The lowest BCUT2D eigenvalue weighted by Crippen LogP contribution is -2.08. The molecule has 0 amide bonds. The molecule has 0 saturated carbocycles. The molecule has 0 fully saturated rings. The Hall–Kier alpha value is -1.61. The SMILES string of the molecule is Cc1cc(N)cc(C(=O)c2ccc(C(C)(C)C)s2)c1. The molecule has 0 spiro atoms. The molecular weight excluding hydrogens is 254 g/mol. The minimum absolute atomic E-state index is 0.0518. The molecule has 0 aliphatic rings. The van der Waals surface area contributed by atoms with Gasteiger partial charge in [-0.2, -0.15) is 0 Å². The van der Waals surface area contributed by atoms with E-state index < -0.39 is 0 Å². The van der Waals surface area contributed by atoms with Crippen molar-refractivity contribution in [3.63, 3.8) is 0 Å². The zero-order chi connectivity index (χ0) is 14.2. The third kappa shape index (κ3) is 3.04. The molecule has 2 aromatic rings. The molecule has 1 heterocycles. The van der Waals surface area contributed by atoms with E-state index in [1.807, 2.05) is 31.2 Å². The smallest absolute Gasteiger partial charge is 0.203 e. The van der Waals surface area contributed by atoms with Crippen LogP contribution in [0.2, 0.25) is 0 Å². The zero-order valence-electron chi connectivity index (χ0n) is 11.8. The molecule has 0 unspecified atom stereocenters. The monoisotopic (exact) mass is 273 g/mol. The van der Waals surface area contributed by atoms with E-state index in [4.69, 9.17) is 5.73 Å². The Morgan fingerprint density at radius 2 is 1.84 bits per heavy atom. The number of nitrogens with two attached hydrogens (primary N) is 1. The molecule has 1 aromatic carbocycles.